The number of benzene rings is 1. The Labute approximate surface area is 91.3 Å². The first-order valence-electron chi connectivity index (χ1n) is 4.12. The maximum Gasteiger partial charge on any atom is 0.134 e. The maximum absolute atomic E-state index is 8.48. The monoisotopic (exact) mass is 227 g/mol. The topological polar surface area (TPSA) is 48.8 Å². The molecular formula is C9H7Cl2N3. The average Bonchev–Trinajstić information content (AvgIpc) is 2.72. The average molecular weight is 228 g/mol. The zero-order chi connectivity index (χ0) is 10.2. The normalized spacial score (nSPS) is 27.9. The quantitative estimate of drug-likeness (QED) is 0.320. The fourth-order valence-corrected chi connectivity index (χ4v) is 2.23. The summed E-state index contributed by atoms with van der Waals surface area (Å²) in [6.07, 6.45) is 0.469. The molecule has 0 amide bonds. The van der Waals surface area contributed by atoms with Crippen LogP contribution in [0.1, 0.15) is 12.0 Å². The van der Waals surface area contributed by atoms with Gasteiger partial charge in [-0.05, 0) is 17.5 Å². The van der Waals surface area contributed by atoms with Crippen LogP contribution in [0.3, 0.4) is 0 Å². The van der Waals surface area contributed by atoms with Crippen LogP contribution < -0.4 is 0 Å². The molecule has 5 heteroatoms. The first-order valence-corrected chi connectivity index (χ1v) is 4.88. The number of alkyl halides is 2. The SMILES string of the molecule is [N-]=[N+]=NC1(c2ccccc2)CC1(Cl)Cl. The number of azide groups is 1. The Balaban J connectivity index is 2.46. The molecule has 0 N–H and O–H groups in total. The summed E-state index contributed by atoms with van der Waals surface area (Å²) in [6, 6.07) is 9.35. The molecule has 72 valence electrons. The number of rotatable bonds is 2. The molecule has 3 nitrogen and oxygen atoms in total. The van der Waals surface area contributed by atoms with E-state index in [1.165, 1.54) is 0 Å². The minimum Gasteiger partial charge on any atom is -0.100 e. The van der Waals surface area contributed by atoms with Crippen molar-refractivity contribution in [2.24, 2.45) is 5.11 Å². The van der Waals surface area contributed by atoms with Gasteiger partial charge in [0.2, 0.25) is 0 Å². The molecule has 0 heterocycles. The summed E-state index contributed by atoms with van der Waals surface area (Å²) in [6.45, 7) is 0. The van der Waals surface area contributed by atoms with E-state index in [0.29, 0.717) is 6.42 Å². The van der Waals surface area contributed by atoms with Crippen LogP contribution in [0.4, 0.5) is 0 Å². The number of nitrogens with zero attached hydrogens (tertiary/aromatic N) is 3. The van der Waals surface area contributed by atoms with Crippen molar-refractivity contribution in [2.45, 2.75) is 16.3 Å². The first kappa shape index (κ1) is 9.66. The summed E-state index contributed by atoms with van der Waals surface area (Å²) in [5, 5.41) is 3.71. The van der Waals surface area contributed by atoms with Crippen molar-refractivity contribution in [3.05, 3.63) is 46.3 Å². The molecule has 0 saturated heterocycles. The van der Waals surface area contributed by atoms with E-state index >= 15 is 0 Å². The van der Waals surface area contributed by atoms with Gasteiger partial charge in [0.25, 0.3) is 0 Å². The fourth-order valence-electron chi connectivity index (χ4n) is 1.55. The van der Waals surface area contributed by atoms with Crippen molar-refractivity contribution in [2.75, 3.05) is 0 Å². The van der Waals surface area contributed by atoms with Crippen molar-refractivity contribution in [1.29, 1.82) is 0 Å². The predicted octanol–water partition coefficient (Wildman–Crippen LogP) is 3.77. The summed E-state index contributed by atoms with van der Waals surface area (Å²) in [4.78, 5) is 2.80. The molecular weight excluding hydrogens is 221 g/mol. The largest absolute Gasteiger partial charge is 0.134 e. The minimum absolute atomic E-state index is 0.469. The highest BCUT2D eigenvalue weighted by atomic mass is 35.5. The highest BCUT2D eigenvalue weighted by Gasteiger charge is 2.67. The van der Waals surface area contributed by atoms with Gasteiger partial charge in [-0.2, -0.15) is 0 Å². The molecule has 0 radical (unpaired) electrons. The number of halogens is 2. The standard InChI is InChI=1S/C9H7Cl2N3/c10-9(11)6-8(9,13-14-12)7-4-2-1-3-5-7/h1-5H,6H2. The zero-order valence-corrected chi connectivity index (χ0v) is 8.70. The second kappa shape index (κ2) is 3.06. The van der Waals surface area contributed by atoms with E-state index in [1.54, 1.807) is 0 Å². The maximum atomic E-state index is 8.48. The van der Waals surface area contributed by atoms with Crippen LogP contribution >= 0.6 is 23.2 Å². The smallest absolute Gasteiger partial charge is 0.100 e. The van der Waals surface area contributed by atoms with Crippen LogP contribution in [0.15, 0.2) is 35.4 Å². The Kier molecular flexibility index (Phi) is 2.11. The third kappa shape index (κ3) is 1.25. The summed E-state index contributed by atoms with van der Waals surface area (Å²) < 4.78 is -0.958. The van der Waals surface area contributed by atoms with E-state index in [2.05, 4.69) is 10.0 Å². The van der Waals surface area contributed by atoms with Gasteiger partial charge >= 0.3 is 0 Å². The highest BCUT2D eigenvalue weighted by molar-refractivity contribution is 6.52. The van der Waals surface area contributed by atoms with Crippen molar-refractivity contribution in [1.82, 2.24) is 0 Å². The van der Waals surface area contributed by atoms with Gasteiger partial charge in [0.1, 0.15) is 9.87 Å². The summed E-state index contributed by atoms with van der Waals surface area (Å²) in [7, 11) is 0. The summed E-state index contributed by atoms with van der Waals surface area (Å²) in [5.74, 6) is 0. The third-order valence-corrected chi connectivity index (χ3v) is 3.32. The van der Waals surface area contributed by atoms with Gasteiger partial charge in [-0.3, -0.25) is 0 Å². The van der Waals surface area contributed by atoms with E-state index in [9.17, 15) is 0 Å². The van der Waals surface area contributed by atoms with Crippen molar-refractivity contribution in [3.8, 4) is 0 Å². The van der Waals surface area contributed by atoms with Gasteiger partial charge in [0, 0.05) is 4.91 Å². The Morgan fingerprint density at radius 2 is 1.86 bits per heavy atom. The van der Waals surface area contributed by atoms with E-state index in [4.69, 9.17) is 28.7 Å². The Morgan fingerprint density at radius 3 is 2.29 bits per heavy atom. The van der Waals surface area contributed by atoms with Gasteiger partial charge in [0.15, 0.2) is 0 Å². The van der Waals surface area contributed by atoms with Gasteiger partial charge < -0.3 is 0 Å². The molecule has 1 aromatic rings. The molecule has 1 unspecified atom stereocenters. The minimum atomic E-state index is -0.958. The Hall–Kier alpha value is -0.890. The number of hydrogen-bond acceptors (Lipinski definition) is 1. The van der Waals surface area contributed by atoms with Crippen molar-refractivity contribution >= 4 is 23.2 Å². The van der Waals surface area contributed by atoms with Crippen molar-refractivity contribution < 1.29 is 0 Å². The second-order valence-corrected chi connectivity index (χ2v) is 4.78. The number of hydrogen-bond donors (Lipinski definition) is 0. The molecule has 0 spiro atoms. The molecule has 1 aliphatic rings. The van der Waals surface area contributed by atoms with Crippen LogP contribution in [-0.2, 0) is 5.54 Å². The molecule has 0 aliphatic heterocycles. The van der Waals surface area contributed by atoms with Crippen molar-refractivity contribution in [3.63, 3.8) is 0 Å². The van der Waals surface area contributed by atoms with Crippen LogP contribution in [-0.4, -0.2) is 4.33 Å². The summed E-state index contributed by atoms with van der Waals surface area (Å²) in [5.41, 5.74) is 8.57. The van der Waals surface area contributed by atoms with Gasteiger partial charge in [-0.25, -0.2) is 0 Å². The molecule has 1 saturated carbocycles. The van der Waals surface area contributed by atoms with E-state index in [-0.39, 0.29) is 0 Å². The van der Waals surface area contributed by atoms with Crippen LogP contribution in [0.25, 0.3) is 10.4 Å². The molecule has 0 bridgehead atoms. The lowest BCUT2D eigenvalue weighted by molar-refractivity contribution is 0.719. The molecule has 1 fully saturated rings. The lowest BCUT2D eigenvalue weighted by atomic mass is 10.1. The van der Waals surface area contributed by atoms with Crippen LogP contribution in [0.2, 0.25) is 0 Å². The first-order chi connectivity index (χ1) is 6.62. The Bertz CT molecular complexity index is 398. The highest BCUT2D eigenvalue weighted by Crippen LogP contribution is 2.65. The fraction of sp³-hybridized carbons (Fsp3) is 0.333. The molecule has 1 aromatic carbocycles. The van der Waals surface area contributed by atoms with E-state index < -0.39 is 9.87 Å². The molecule has 0 aromatic heterocycles. The second-order valence-electron chi connectivity index (χ2n) is 3.30. The molecule has 14 heavy (non-hydrogen) atoms. The van der Waals surface area contributed by atoms with Gasteiger partial charge in [-0.1, -0.05) is 35.4 Å². The van der Waals surface area contributed by atoms with E-state index in [1.807, 2.05) is 30.3 Å². The lowest BCUT2D eigenvalue weighted by Gasteiger charge is -2.11. The Morgan fingerprint density at radius 1 is 1.29 bits per heavy atom. The van der Waals surface area contributed by atoms with E-state index in [0.717, 1.165) is 5.56 Å². The third-order valence-electron chi connectivity index (χ3n) is 2.42. The van der Waals surface area contributed by atoms with Gasteiger partial charge in [0.05, 0.1) is 0 Å². The molecule has 1 aliphatic carbocycles. The van der Waals surface area contributed by atoms with Crippen LogP contribution in [0.5, 0.6) is 0 Å². The van der Waals surface area contributed by atoms with Crippen LogP contribution in [0, 0.1) is 0 Å². The predicted molar refractivity (Wildman–Crippen MR) is 56.3 cm³/mol. The van der Waals surface area contributed by atoms with Gasteiger partial charge in [-0.15, -0.1) is 23.2 Å². The molecule has 1 atom stereocenters. The lowest BCUT2D eigenvalue weighted by Crippen LogP contribution is -2.10. The molecule has 2 rings (SSSR count). The summed E-state index contributed by atoms with van der Waals surface area (Å²) >= 11 is 12.0. The zero-order valence-electron chi connectivity index (χ0n) is 7.19.